The minimum atomic E-state index is -4.81. The SMILES string of the molecule is CC1(C)Nc2nc(N)[nH]c(=O)c2N=C1C(=O)NCCC(=O)N(CC(=O)CC[C@H]1O[C@@H](n2cnc3c(N)ccnc32)[C@@H](O)C1O)CP(=O)(O)O. The Bertz CT molecular complexity index is 1920. The smallest absolute Gasteiger partial charge is 0.344 e. The van der Waals surface area contributed by atoms with Gasteiger partial charge in [0.1, 0.15) is 29.7 Å². The third kappa shape index (κ3) is 7.77. The van der Waals surface area contributed by atoms with Crippen molar-refractivity contribution >= 4 is 65.2 Å². The van der Waals surface area contributed by atoms with Crippen LogP contribution in [-0.2, 0) is 23.7 Å². The van der Waals surface area contributed by atoms with Crippen LogP contribution in [0.5, 0.6) is 0 Å². The first-order chi connectivity index (χ1) is 22.9. The van der Waals surface area contributed by atoms with Gasteiger partial charge in [-0.3, -0.25) is 33.3 Å². The van der Waals surface area contributed by atoms with Crippen molar-refractivity contribution in [1.82, 2.24) is 34.7 Å². The van der Waals surface area contributed by atoms with Crippen LogP contribution in [0, 0.1) is 0 Å². The number of pyridine rings is 1. The Morgan fingerprint density at radius 3 is 2.61 bits per heavy atom. The van der Waals surface area contributed by atoms with Crippen LogP contribution in [0.3, 0.4) is 0 Å². The zero-order valence-corrected chi connectivity index (χ0v) is 27.2. The minimum absolute atomic E-state index is 0.0791. The molecule has 0 radical (unpaired) electrons. The van der Waals surface area contributed by atoms with E-state index in [1.807, 2.05) is 0 Å². The topological polar surface area (TPSA) is 327 Å². The number of aliphatic imine (C=N–C) groups is 1. The minimum Gasteiger partial charge on any atom is -0.397 e. The number of H-pyrrole nitrogens is 1. The van der Waals surface area contributed by atoms with E-state index in [1.54, 1.807) is 19.9 Å². The first kappa shape index (κ1) is 35.5. The van der Waals surface area contributed by atoms with Crippen molar-refractivity contribution in [2.75, 3.05) is 36.2 Å². The van der Waals surface area contributed by atoms with Crippen molar-refractivity contribution in [2.45, 2.75) is 63.2 Å². The Labute approximate surface area is 276 Å². The number of hydrogen-bond acceptors (Lipinski definition) is 15. The summed E-state index contributed by atoms with van der Waals surface area (Å²) in [5.74, 6) is -2.25. The highest BCUT2D eigenvalue weighted by molar-refractivity contribution is 7.51. The standard InChI is InChI=1S/C27H36N11O10P/c1-27(2)20(33-17-21(36-27)34-26(29)35-23(17)43)24(44)31-8-6-15(40)37(11-49(45,46)47)9-12(39)3-4-14-18(41)19(42)25(48-14)38-10-32-16-13(28)5-7-30-22(16)38/h5,7,10,14,18-19,25,41-42H,3-4,6,8-9,11H2,1-2H3,(H2,28,30)(H,31,44)(H2,45,46,47)(H4,29,34,35,36,43)/t14-,18?,19+,25-/m1/s1. The fraction of sp³-hybridized carbons (Fsp3) is 0.481. The molecule has 264 valence electrons. The first-order valence-corrected chi connectivity index (χ1v) is 16.7. The zero-order chi connectivity index (χ0) is 35.8. The highest BCUT2D eigenvalue weighted by Gasteiger charge is 2.44. The van der Waals surface area contributed by atoms with Crippen LogP contribution in [0.1, 0.15) is 39.3 Å². The van der Waals surface area contributed by atoms with Crippen molar-refractivity contribution in [3.8, 4) is 0 Å². The number of amides is 2. The molecule has 3 aromatic rings. The second kappa shape index (κ2) is 13.6. The number of imidazole rings is 1. The Balaban J connectivity index is 1.17. The lowest BCUT2D eigenvalue weighted by Gasteiger charge is -2.31. The quantitative estimate of drug-likeness (QED) is 0.0929. The average Bonchev–Trinajstić information content (AvgIpc) is 3.55. The van der Waals surface area contributed by atoms with E-state index in [-0.39, 0.29) is 42.6 Å². The number of ketones is 1. The molecule has 0 aliphatic carbocycles. The number of ether oxygens (including phenoxy) is 1. The summed E-state index contributed by atoms with van der Waals surface area (Å²) in [4.78, 5) is 89.7. The number of Topliss-reactive ketones (excluding diaryl/α,β-unsaturated/α-hetero) is 1. The molecule has 0 spiro atoms. The van der Waals surface area contributed by atoms with Gasteiger partial charge < -0.3 is 51.7 Å². The maximum absolute atomic E-state index is 13.0. The van der Waals surface area contributed by atoms with Crippen molar-refractivity contribution in [2.24, 2.45) is 4.99 Å². The lowest BCUT2D eigenvalue weighted by atomic mass is 9.95. The number of nitrogens with zero attached hydrogens (tertiary/aromatic N) is 6. The first-order valence-electron chi connectivity index (χ1n) is 14.9. The molecule has 22 heteroatoms. The number of aromatic amines is 1. The van der Waals surface area contributed by atoms with E-state index in [4.69, 9.17) is 16.2 Å². The number of aliphatic hydroxyl groups excluding tert-OH is 2. The molecule has 2 amide bonds. The van der Waals surface area contributed by atoms with E-state index >= 15 is 0 Å². The summed E-state index contributed by atoms with van der Waals surface area (Å²) in [6.07, 6.45) is -3.98. The number of aromatic nitrogens is 5. The molecule has 0 aromatic carbocycles. The molecule has 0 saturated carbocycles. The predicted molar refractivity (Wildman–Crippen MR) is 172 cm³/mol. The van der Waals surface area contributed by atoms with Gasteiger partial charge in [-0.05, 0) is 26.3 Å². The summed E-state index contributed by atoms with van der Waals surface area (Å²) >= 11 is 0. The predicted octanol–water partition coefficient (Wildman–Crippen LogP) is -1.91. The number of fused-ring (bicyclic) bond motifs is 2. The number of carbonyl (C=O) groups excluding carboxylic acids is 3. The van der Waals surface area contributed by atoms with Crippen LogP contribution in [0.25, 0.3) is 11.2 Å². The Morgan fingerprint density at radius 2 is 1.90 bits per heavy atom. The fourth-order valence-corrected chi connectivity index (χ4v) is 6.22. The molecule has 0 bridgehead atoms. The molecular formula is C27H36N11O10P. The van der Waals surface area contributed by atoms with Gasteiger partial charge in [0, 0.05) is 25.6 Å². The maximum atomic E-state index is 13.0. The summed E-state index contributed by atoms with van der Waals surface area (Å²) in [5, 5.41) is 26.7. The molecule has 11 N–H and O–H groups in total. The fourth-order valence-electron chi connectivity index (χ4n) is 5.51. The third-order valence-electron chi connectivity index (χ3n) is 7.89. The monoisotopic (exact) mass is 705 g/mol. The second-order valence-electron chi connectivity index (χ2n) is 12.1. The number of nitrogens with two attached hydrogens (primary N) is 2. The van der Waals surface area contributed by atoms with Gasteiger partial charge in [0.15, 0.2) is 29.2 Å². The summed E-state index contributed by atoms with van der Waals surface area (Å²) in [6.45, 7) is 2.24. The highest BCUT2D eigenvalue weighted by atomic mass is 31.2. The van der Waals surface area contributed by atoms with E-state index in [9.17, 15) is 43.7 Å². The molecule has 2 aliphatic heterocycles. The summed E-state index contributed by atoms with van der Waals surface area (Å²) in [7, 11) is -4.81. The summed E-state index contributed by atoms with van der Waals surface area (Å²) in [6, 6.07) is 1.55. The Morgan fingerprint density at radius 1 is 1.16 bits per heavy atom. The van der Waals surface area contributed by atoms with Gasteiger partial charge in [-0.15, -0.1) is 0 Å². The molecule has 5 heterocycles. The third-order valence-corrected chi connectivity index (χ3v) is 8.60. The van der Waals surface area contributed by atoms with E-state index in [0.717, 1.165) is 0 Å². The lowest BCUT2D eigenvalue weighted by molar-refractivity contribution is -0.135. The van der Waals surface area contributed by atoms with Crippen LogP contribution < -0.4 is 27.7 Å². The van der Waals surface area contributed by atoms with Gasteiger partial charge >= 0.3 is 7.60 Å². The van der Waals surface area contributed by atoms with E-state index in [2.05, 4.69) is 35.6 Å². The molecule has 1 unspecified atom stereocenters. The molecule has 2 aliphatic rings. The van der Waals surface area contributed by atoms with Gasteiger partial charge in [0.2, 0.25) is 11.9 Å². The van der Waals surface area contributed by atoms with Crippen LogP contribution in [0.4, 0.5) is 23.1 Å². The van der Waals surface area contributed by atoms with Crippen molar-refractivity contribution < 1.29 is 43.7 Å². The summed E-state index contributed by atoms with van der Waals surface area (Å²) < 4.78 is 19.0. The lowest BCUT2D eigenvalue weighted by Crippen LogP contribution is -2.51. The van der Waals surface area contributed by atoms with Crippen molar-refractivity contribution in [3.05, 3.63) is 28.9 Å². The number of rotatable bonds is 12. The van der Waals surface area contributed by atoms with E-state index in [1.165, 1.54) is 17.1 Å². The van der Waals surface area contributed by atoms with Gasteiger partial charge in [0.25, 0.3) is 11.5 Å². The van der Waals surface area contributed by atoms with Gasteiger partial charge in [-0.1, -0.05) is 0 Å². The van der Waals surface area contributed by atoms with Crippen LogP contribution in [0.15, 0.2) is 28.4 Å². The normalized spacial score (nSPS) is 21.5. The Hall–Kier alpha value is -4.79. The van der Waals surface area contributed by atoms with Gasteiger partial charge in [-0.25, -0.2) is 15.0 Å². The molecule has 1 fully saturated rings. The molecule has 21 nitrogen and oxygen atoms in total. The highest BCUT2D eigenvalue weighted by Crippen LogP contribution is 2.36. The number of nitrogen functional groups attached to an aromatic ring is 2. The van der Waals surface area contributed by atoms with Gasteiger partial charge in [-0.2, -0.15) is 4.98 Å². The largest absolute Gasteiger partial charge is 0.397 e. The zero-order valence-electron chi connectivity index (χ0n) is 26.3. The van der Waals surface area contributed by atoms with E-state index < -0.39 is 80.1 Å². The summed E-state index contributed by atoms with van der Waals surface area (Å²) in [5.41, 5.74) is 10.5. The second-order valence-corrected chi connectivity index (χ2v) is 13.7. The van der Waals surface area contributed by atoms with Gasteiger partial charge in [0.05, 0.1) is 30.2 Å². The molecule has 1 saturated heterocycles. The Kier molecular flexibility index (Phi) is 9.86. The molecule has 5 rings (SSSR count). The molecular weight excluding hydrogens is 669 g/mol. The number of hydrogen-bond donors (Lipinski definition) is 9. The number of nitrogens with one attached hydrogen (secondary N) is 3. The van der Waals surface area contributed by atoms with Crippen LogP contribution in [-0.4, -0.2) is 116 Å². The van der Waals surface area contributed by atoms with E-state index in [0.29, 0.717) is 21.8 Å². The molecule has 4 atom stereocenters. The van der Waals surface area contributed by atoms with Crippen LogP contribution >= 0.6 is 7.60 Å². The molecule has 3 aromatic heterocycles. The average molecular weight is 706 g/mol. The van der Waals surface area contributed by atoms with Crippen molar-refractivity contribution in [3.63, 3.8) is 0 Å². The number of carbonyl (C=O) groups is 3. The maximum Gasteiger partial charge on any atom is 0.344 e. The molecule has 49 heavy (non-hydrogen) atoms. The van der Waals surface area contributed by atoms with Crippen LogP contribution in [0.2, 0.25) is 0 Å². The van der Waals surface area contributed by atoms with Crippen molar-refractivity contribution in [1.29, 1.82) is 0 Å². The number of anilines is 3. The number of aliphatic hydroxyl groups is 2.